The number of thiophene rings is 4. The summed E-state index contributed by atoms with van der Waals surface area (Å²) < 4.78 is 0. The van der Waals surface area contributed by atoms with Crippen molar-refractivity contribution in [1.82, 2.24) is 0 Å². The maximum Gasteiger partial charge on any atom is 0.0449 e. The van der Waals surface area contributed by atoms with Crippen LogP contribution in [0.4, 0.5) is 0 Å². The lowest BCUT2D eigenvalue weighted by Crippen LogP contribution is -2.03. The molecule has 166 valence electrons. The van der Waals surface area contributed by atoms with Crippen LogP contribution in [0.15, 0.2) is 47.2 Å². The van der Waals surface area contributed by atoms with E-state index in [1.54, 1.807) is 9.75 Å². The summed E-state index contributed by atoms with van der Waals surface area (Å²) in [7, 11) is 0. The highest BCUT2D eigenvalue weighted by molar-refractivity contribution is 7.25. The molecule has 0 aromatic carbocycles. The molecule has 4 heteroatoms. The summed E-state index contributed by atoms with van der Waals surface area (Å²) in [5.74, 6) is 1.57. The van der Waals surface area contributed by atoms with Gasteiger partial charge in [-0.3, -0.25) is 0 Å². The number of hydrogen-bond acceptors (Lipinski definition) is 4. The van der Waals surface area contributed by atoms with Gasteiger partial charge >= 0.3 is 0 Å². The van der Waals surface area contributed by atoms with E-state index in [9.17, 15) is 0 Å². The van der Waals surface area contributed by atoms with Crippen LogP contribution in [0.5, 0.6) is 0 Å². The lowest BCUT2D eigenvalue weighted by atomic mass is 9.87. The third-order valence-electron chi connectivity index (χ3n) is 7.33. The van der Waals surface area contributed by atoms with Gasteiger partial charge in [0.25, 0.3) is 0 Å². The predicted octanol–water partition coefficient (Wildman–Crippen LogP) is 11.0. The lowest BCUT2D eigenvalue weighted by Gasteiger charge is -2.21. The first kappa shape index (κ1) is 21.3. The molecule has 6 rings (SSSR count). The summed E-state index contributed by atoms with van der Waals surface area (Å²) in [5, 5.41) is 4.62. The Hall–Kier alpha value is -1.20. The molecule has 0 aliphatic heterocycles. The van der Waals surface area contributed by atoms with Crippen LogP contribution in [0, 0.1) is 0 Å². The molecule has 2 fully saturated rings. The van der Waals surface area contributed by atoms with Crippen LogP contribution in [0.25, 0.3) is 30.6 Å². The van der Waals surface area contributed by atoms with Crippen molar-refractivity contribution in [2.75, 3.05) is 0 Å². The van der Waals surface area contributed by atoms with Gasteiger partial charge in [0, 0.05) is 40.4 Å². The van der Waals surface area contributed by atoms with Crippen molar-refractivity contribution in [3.8, 4) is 30.6 Å². The minimum Gasteiger partial charge on any atom is -0.148 e. The van der Waals surface area contributed by atoms with Crippen LogP contribution >= 0.6 is 45.3 Å². The van der Waals surface area contributed by atoms with Crippen LogP contribution in [-0.2, 0) is 0 Å². The maximum atomic E-state index is 2.37. The monoisotopic (exact) mass is 494 g/mol. The summed E-state index contributed by atoms with van der Waals surface area (Å²) >= 11 is 7.94. The first-order valence-corrected chi connectivity index (χ1v) is 15.6. The molecule has 2 saturated carbocycles. The van der Waals surface area contributed by atoms with E-state index in [1.807, 2.05) is 45.3 Å². The smallest absolute Gasteiger partial charge is 0.0449 e. The number of hydrogen-bond donors (Lipinski definition) is 0. The van der Waals surface area contributed by atoms with Crippen molar-refractivity contribution in [2.45, 2.75) is 76.0 Å². The number of rotatable bonds is 5. The molecule has 0 spiro atoms. The van der Waals surface area contributed by atoms with Crippen LogP contribution in [0.3, 0.4) is 0 Å². The van der Waals surface area contributed by atoms with Gasteiger partial charge in [-0.1, -0.05) is 38.5 Å². The van der Waals surface area contributed by atoms with Gasteiger partial charge in [-0.2, -0.15) is 0 Å². The van der Waals surface area contributed by atoms with Gasteiger partial charge in [0.05, 0.1) is 0 Å². The second-order valence-corrected chi connectivity index (χ2v) is 13.5. The molecule has 0 atom stereocenters. The van der Waals surface area contributed by atoms with Gasteiger partial charge < -0.3 is 0 Å². The Kier molecular flexibility index (Phi) is 6.39. The highest BCUT2D eigenvalue weighted by Crippen LogP contribution is 2.47. The molecule has 0 unspecified atom stereocenters. The zero-order valence-corrected chi connectivity index (χ0v) is 21.7. The Balaban J connectivity index is 1.25. The van der Waals surface area contributed by atoms with E-state index in [-0.39, 0.29) is 0 Å². The Labute approximate surface area is 208 Å². The average molecular weight is 495 g/mol. The third-order valence-corrected chi connectivity index (χ3v) is 11.9. The molecule has 0 amide bonds. The second-order valence-electron chi connectivity index (χ2n) is 9.39. The molecule has 0 nitrogen and oxygen atoms in total. The van der Waals surface area contributed by atoms with E-state index in [1.165, 1.54) is 94.8 Å². The summed E-state index contributed by atoms with van der Waals surface area (Å²) in [4.78, 5) is 9.03. The molecule has 2 aliphatic rings. The van der Waals surface area contributed by atoms with Crippen molar-refractivity contribution >= 4 is 45.3 Å². The van der Waals surface area contributed by atoms with E-state index in [0.29, 0.717) is 0 Å². The molecular weight excluding hydrogens is 465 g/mol. The van der Waals surface area contributed by atoms with E-state index >= 15 is 0 Å². The van der Waals surface area contributed by atoms with Crippen molar-refractivity contribution in [3.05, 3.63) is 56.9 Å². The topological polar surface area (TPSA) is 0 Å². The van der Waals surface area contributed by atoms with Crippen LogP contribution in [-0.4, -0.2) is 0 Å². The summed E-state index contributed by atoms with van der Waals surface area (Å²) in [6, 6.07) is 14.2. The van der Waals surface area contributed by atoms with E-state index in [4.69, 9.17) is 0 Å². The third kappa shape index (κ3) is 4.20. The normalized spacial score (nSPS) is 18.4. The van der Waals surface area contributed by atoms with E-state index in [0.717, 1.165) is 11.8 Å². The first-order chi connectivity index (χ1) is 15.9. The Morgan fingerprint density at radius 2 is 0.875 bits per heavy atom. The molecule has 32 heavy (non-hydrogen) atoms. The van der Waals surface area contributed by atoms with Gasteiger partial charge in [-0.25, -0.2) is 0 Å². The standard InChI is InChI=1S/C28H30S4/c1-3-7-19(8-4-1)27-21(15-17-29-27)23-11-13-25(31-23)26-14-12-24(32-26)22-16-18-30-28(22)20-9-5-2-6-10-20/h11-20H,1-10H2. The van der Waals surface area contributed by atoms with Gasteiger partial charge in [-0.15, -0.1) is 45.3 Å². The van der Waals surface area contributed by atoms with Crippen molar-refractivity contribution in [3.63, 3.8) is 0 Å². The molecule has 2 aliphatic carbocycles. The predicted molar refractivity (Wildman–Crippen MR) is 146 cm³/mol. The highest BCUT2D eigenvalue weighted by Gasteiger charge is 2.23. The summed E-state index contributed by atoms with van der Waals surface area (Å²) in [6.07, 6.45) is 14.0. The highest BCUT2D eigenvalue weighted by atomic mass is 32.1. The summed E-state index contributed by atoms with van der Waals surface area (Å²) in [5.41, 5.74) is 3.01. The molecule has 0 N–H and O–H groups in total. The molecule has 4 aromatic heterocycles. The average Bonchev–Trinajstić information content (AvgIpc) is 3.64. The van der Waals surface area contributed by atoms with Crippen LogP contribution in [0.1, 0.15) is 85.8 Å². The van der Waals surface area contributed by atoms with Crippen molar-refractivity contribution in [2.24, 2.45) is 0 Å². The van der Waals surface area contributed by atoms with Gasteiger partial charge in [-0.05, 0) is 84.7 Å². The fourth-order valence-electron chi connectivity index (χ4n) is 5.64. The van der Waals surface area contributed by atoms with E-state index < -0.39 is 0 Å². The van der Waals surface area contributed by atoms with Gasteiger partial charge in [0.2, 0.25) is 0 Å². The SMILES string of the molecule is c1cc(-c2ccc(-c3ccc(-c4ccsc4C4CCCCC4)s3)s2)c(C2CCCCC2)s1. The molecule has 4 aromatic rings. The Morgan fingerprint density at radius 3 is 1.31 bits per heavy atom. The van der Waals surface area contributed by atoms with Gasteiger partial charge in [0.1, 0.15) is 0 Å². The summed E-state index contributed by atoms with van der Waals surface area (Å²) in [6.45, 7) is 0. The minimum absolute atomic E-state index is 0.787. The quantitative estimate of drug-likeness (QED) is 0.259. The maximum absolute atomic E-state index is 2.37. The molecule has 0 bridgehead atoms. The molecule has 4 heterocycles. The largest absolute Gasteiger partial charge is 0.148 e. The molecular formula is C28H30S4. The first-order valence-electron chi connectivity index (χ1n) is 12.2. The second kappa shape index (κ2) is 9.58. The zero-order valence-electron chi connectivity index (χ0n) is 18.5. The fraction of sp³-hybridized carbons (Fsp3) is 0.429. The van der Waals surface area contributed by atoms with Crippen molar-refractivity contribution in [1.29, 1.82) is 0 Å². The zero-order chi connectivity index (χ0) is 21.3. The van der Waals surface area contributed by atoms with Crippen LogP contribution < -0.4 is 0 Å². The molecule has 0 saturated heterocycles. The lowest BCUT2D eigenvalue weighted by molar-refractivity contribution is 0.449. The minimum atomic E-state index is 0.787. The Morgan fingerprint density at radius 1 is 0.469 bits per heavy atom. The van der Waals surface area contributed by atoms with E-state index in [2.05, 4.69) is 47.2 Å². The molecule has 0 radical (unpaired) electrons. The van der Waals surface area contributed by atoms with Crippen molar-refractivity contribution < 1.29 is 0 Å². The Bertz CT molecular complexity index is 1070. The van der Waals surface area contributed by atoms with Gasteiger partial charge in [0.15, 0.2) is 0 Å². The van der Waals surface area contributed by atoms with Crippen LogP contribution in [0.2, 0.25) is 0 Å². The fourth-order valence-corrected chi connectivity index (χ4v) is 10.1.